The molecule has 3 atom stereocenters. The second-order valence-corrected chi connectivity index (χ2v) is 9.05. The van der Waals surface area contributed by atoms with E-state index in [1.54, 1.807) is 0 Å². The molecule has 0 aromatic heterocycles. The lowest BCUT2D eigenvalue weighted by Crippen LogP contribution is -2.45. The van der Waals surface area contributed by atoms with Gasteiger partial charge >= 0.3 is 0 Å². The number of hydrazine groups is 1. The Bertz CT molecular complexity index is 598. The van der Waals surface area contributed by atoms with Gasteiger partial charge in [0.15, 0.2) is 0 Å². The lowest BCUT2D eigenvalue weighted by atomic mass is 9.84. The topological polar surface area (TPSA) is 47.6 Å². The SMILES string of the molecule is CN(CC1CC(C(C)(C)C)NN1)C(=O)CN1CCC(c2ccccc2)C1. The molecule has 1 amide bonds. The highest BCUT2D eigenvalue weighted by molar-refractivity contribution is 5.78. The quantitative estimate of drug-likeness (QED) is 0.847. The maximum Gasteiger partial charge on any atom is 0.236 e. The van der Waals surface area contributed by atoms with Gasteiger partial charge in [-0.05, 0) is 36.3 Å². The highest BCUT2D eigenvalue weighted by Gasteiger charge is 2.33. The van der Waals surface area contributed by atoms with Crippen molar-refractivity contribution in [2.45, 2.75) is 51.6 Å². The first-order valence-corrected chi connectivity index (χ1v) is 9.85. The first-order valence-electron chi connectivity index (χ1n) is 9.85. The van der Waals surface area contributed by atoms with E-state index < -0.39 is 0 Å². The minimum atomic E-state index is 0.222. The number of carbonyl (C=O) groups is 1. The zero-order valence-electron chi connectivity index (χ0n) is 16.7. The zero-order chi connectivity index (χ0) is 18.7. The highest BCUT2D eigenvalue weighted by Crippen LogP contribution is 2.27. The molecule has 1 aromatic carbocycles. The number of carbonyl (C=O) groups excluding carboxylic acids is 1. The van der Waals surface area contributed by atoms with E-state index in [4.69, 9.17) is 0 Å². The fourth-order valence-electron chi connectivity index (χ4n) is 4.03. The number of likely N-dealkylation sites (tertiary alicyclic amines) is 1. The molecule has 2 aliphatic rings. The van der Waals surface area contributed by atoms with Gasteiger partial charge in [-0.25, -0.2) is 0 Å². The predicted molar refractivity (Wildman–Crippen MR) is 106 cm³/mol. The molecule has 144 valence electrons. The van der Waals surface area contributed by atoms with E-state index in [1.165, 1.54) is 5.56 Å². The number of benzene rings is 1. The van der Waals surface area contributed by atoms with Crippen LogP contribution in [0, 0.1) is 5.41 Å². The van der Waals surface area contributed by atoms with E-state index in [0.717, 1.165) is 32.5 Å². The summed E-state index contributed by atoms with van der Waals surface area (Å²) in [5.41, 5.74) is 8.38. The van der Waals surface area contributed by atoms with Gasteiger partial charge in [0.05, 0.1) is 6.54 Å². The Hall–Kier alpha value is -1.43. The molecular weight excluding hydrogens is 324 g/mol. The molecule has 2 heterocycles. The first kappa shape index (κ1) is 19.3. The standard InChI is InChI=1S/C21H34N4O/c1-21(2,3)19-12-18(22-23-19)14-24(4)20(26)15-25-11-10-17(13-25)16-8-6-5-7-9-16/h5-9,17-19,22-23H,10-15H2,1-4H3. The van der Waals surface area contributed by atoms with E-state index in [1.807, 2.05) is 11.9 Å². The largest absolute Gasteiger partial charge is 0.343 e. The molecule has 0 spiro atoms. The lowest BCUT2D eigenvalue weighted by molar-refractivity contribution is -0.131. The minimum absolute atomic E-state index is 0.222. The monoisotopic (exact) mass is 358 g/mol. The van der Waals surface area contributed by atoms with Crippen molar-refractivity contribution in [3.05, 3.63) is 35.9 Å². The number of nitrogens with zero attached hydrogens (tertiary/aromatic N) is 2. The van der Waals surface area contributed by atoms with Gasteiger partial charge in [0, 0.05) is 32.2 Å². The minimum Gasteiger partial charge on any atom is -0.343 e. The van der Waals surface area contributed by atoms with Gasteiger partial charge in [-0.2, -0.15) is 0 Å². The Kier molecular flexibility index (Phi) is 6.00. The number of nitrogens with one attached hydrogen (secondary N) is 2. The molecule has 2 fully saturated rings. The van der Waals surface area contributed by atoms with E-state index in [0.29, 0.717) is 24.5 Å². The zero-order valence-corrected chi connectivity index (χ0v) is 16.7. The van der Waals surface area contributed by atoms with Crippen LogP contribution < -0.4 is 10.9 Å². The van der Waals surface area contributed by atoms with Crippen molar-refractivity contribution in [3.8, 4) is 0 Å². The number of likely N-dealkylation sites (N-methyl/N-ethyl adjacent to an activating group) is 1. The molecule has 0 saturated carbocycles. The van der Waals surface area contributed by atoms with Crippen LogP contribution in [0.4, 0.5) is 0 Å². The molecule has 0 aliphatic carbocycles. The van der Waals surface area contributed by atoms with Gasteiger partial charge in [-0.3, -0.25) is 20.5 Å². The molecule has 5 nitrogen and oxygen atoms in total. The maximum atomic E-state index is 12.6. The molecule has 3 rings (SSSR count). The average molecular weight is 359 g/mol. The van der Waals surface area contributed by atoms with Gasteiger partial charge in [0.25, 0.3) is 0 Å². The summed E-state index contributed by atoms with van der Waals surface area (Å²) in [6.07, 6.45) is 2.20. The second-order valence-electron chi connectivity index (χ2n) is 9.05. The third-order valence-corrected chi connectivity index (χ3v) is 5.85. The van der Waals surface area contributed by atoms with Crippen molar-refractivity contribution in [3.63, 3.8) is 0 Å². The molecular formula is C21H34N4O. The van der Waals surface area contributed by atoms with Crippen molar-refractivity contribution in [1.29, 1.82) is 0 Å². The summed E-state index contributed by atoms with van der Waals surface area (Å²) in [5, 5.41) is 0. The predicted octanol–water partition coefficient (Wildman–Crippen LogP) is 2.22. The molecule has 2 aliphatic heterocycles. The van der Waals surface area contributed by atoms with Crippen LogP contribution in [0.25, 0.3) is 0 Å². The Morgan fingerprint density at radius 1 is 1.23 bits per heavy atom. The van der Waals surface area contributed by atoms with Gasteiger partial charge in [-0.1, -0.05) is 51.1 Å². The number of amides is 1. The number of hydrogen-bond donors (Lipinski definition) is 2. The average Bonchev–Trinajstić information content (AvgIpc) is 3.25. The molecule has 2 N–H and O–H groups in total. The fraction of sp³-hybridized carbons (Fsp3) is 0.667. The van der Waals surface area contributed by atoms with Crippen LogP contribution in [0.2, 0.25) is 0 Å². The third-order valence-electron chi connectivity index (χ3n) is 5.85. The number of hydrogen-bond acceptors (Lipinski definition) is 4. The molecule has 3 unspecified atom stereocenters. The van der Waals surface area contributed by atoms with E-state index in [-0.39, 0.29) is 11.3 Å². The summed E-state index contributed by atoms with van der Waals surface area (Å²) >= 11 is 0. The third kappa shape index (κ3) is 4.84. The van der Waals surface area contributed by atoms with Crippen molar-refractivity contribution >= 4 is 5.91 Å². The molecule has 2 saturated heterocycles. The highest BCUT2D eigenvalue weighted by atomic mass is 16.2. The maximum absolute atomic E-state index is 12.6. The summed E-state index contributed by atoms with van der Waals surface area (Å²) in [6, 6.07) is 11.4. The summed E-state index contributed by atoms with van der Waals surface area (Å²) in [7, 11) is 1.93. The molecule has 0 radical (unpaired) electrons. The van der Waals surface area contributed by atoms with Crippen LogP contribution in [-0.2, 0) is 4.79 Å². The van der Waals surface area contributed by atoms with Crippen molar-refractivity contribution in [2.75, 3.05) is 33.2 Å². The lowest BCUT2D eigenvalue weighted by Gasteiger charge is -2.26. The van der Waals surface area contributed by atoms with E-state index in [9.17, 15) is 4.79 Å². The number of rotatable bonds is 5. The Labute approximate surface area is 158 Å². The Morgan fingerprint density at radius 2 is 1.96 bits per heavy atom. The van der Waals surface area contributed by atoms with E-state index >= 15 is 0 Å². The molecule has 26 heavy (non-hydrogen) atoms. The van der Waals surface area contributed by atoms with Crippen molar-refractivity contribution in [2.24, 2.45) is 5.41 Å². The van der Waals surface area contributed by atoms with Gasteiger partial charge in [-0.15, -0.1) is 0 Å². The van der Waals surface area contributed by atoms with Crippen LogP contribution in [0.1, 0.15) is 45.1 Å². The summed E-state index contributed by atoms with van der Waals surface area (Å²) < 4.78 is 0. The van der Waals surface area contributed by atoms with E-state index in [2.05, 4.69) is 66.9 Å². The van der Waals surface area contributed by atoms with Crippen LogP contribution in [0.5, 0.6) is 0 Å². The Balaban J connectivity index is 1.44. The van der Waals surface area contributed by atoms with Crippen LogP contribution in [0.3, 0.4) is 0 Å². The molecule has 5 heteroatoms. The summed E-state index contributed by atoms with van der Waals surface area (Å²) in [4.78, 5) is 16.8. The van der Waals surface area contributed by atoms with Crippen molar-refractivity contribution < 1.29 is 4.79 Å². The molecule has 0 bridgehead atoms. The van der Waals surface area contributed by atoms with Crippen molar-refractivity contribution in [1.82, 2.24) is 20.7 Å². The normalized spacial score (nSPS) is 27.0. The molecule has 1 aromatic rings. The van der Waals surface area contributed by atoms with Crippen LogP contribution in [-0.4, -0.2) is 61.0 Å². The van der Waals surface area contributed by atoms with Gasteiger partial charge in [0.1, 0.15) is 0 Å². The smallest absolute Gasteiger partial charge is 0.236 e. The summed E-state index contributed by atoms with van der Waals surface area (Å²) in [6.45, 7) is 10.0. The summed E-state index contributed by atoms with van der Waals surface area (Å²) in [5.74, 6) is 0.780. The second kappa shape index (κ2) is 8.07. The van der Waals surface area contributed by atoms with Gasteiger partial charge < -0.3 is 4.90 Å². The van der Waals surface area contributed by atoms with Gasteiger partial charge in [0.2, 0.25) is 5.91 Å². The Morgan fingerprint density at radius 3 is 2.62 bits per heavy atom. The van der Waals surface area contributed by atoms with Crippen LogP contribution in [0.15, 0.2) is 30.3 Å². The fourth-order valence-corrected chi connectivity index (χ4v) is 4.03. The van der Waals surface area contributed by atoms with Crippen LogP contribution >= 0.6 is 0 Å². The first-order chi connectivity index (χ1) is 12.3.